The highest BCUT2D eigenvalue weighted by Gasteiger charge is 2.43. The summed E-state index contributed by atoms with van der Waals surface area (Å²) >= 11 is 0. The van der Waals surface area contributed by atoms with Crippen molar-refractivity contribution < 1.29 is 23.4 Å². The van der Waals surface area contributed by atoms with E-state index in [4.69, 9.17) is 4.74 Å². The minimum Gasteiger partial charge on any atom is -0.504 e. The van der Waals surface area contributed by atoms with E-state index in [1.807, 2.05) is 30.3 Å². The van der Waals surface area contributed by atoms with Crippen molar-refractivity contribution in [3.63, 3.8) is 0 Å². The van der Waals surface area contributed by atoms with E-state index in [2.05, 4.69) is 0 Å². The highest BCUT2D eigenvalue weighted by Crippen LogP contribution is 2.40. The lowest BCUT2D eigenvalue weighted by molar-refractivity contribution is 0.0797. The minimum absolute atomic E-state index is 0.0449. The van der Waals surface area contributed by atoms with Gasteiger partial charge >= 0.3 is 0 Å². The van der Waals surface area contributed by atoms with Gasteiger partial charge in [-0.25, -0.2) is 8.42 Å². The molecule has 6 nitrogen and oxygen atoms in total. The predicted molar refractivity (Wildman–Crippen MR) is 118 cm³/mol. The van der Waals surface area contributed by atoms with Crippen molar-refractivity contribution in [2.24, 2.45) is 0 Å². The number of aliphatic hydroxyl groups excluding tert-OH is 1. The Labute approximate surface area is 182 Å². The molecule has 1 heterocycles. The monoisotopic (exact) mass is 439 g/mol. The summed E-state index contributed by atoms with van der Waals surface area (Å²) in [6, 6.07) is 20.5. The Kier molecular flexibility index (Phi) is 6.00. The van der Waals surface area contributed by atoms with E-state index in [1.165, 1.54) is 17.5 Å². The largest absolute Gasteiger partial charge is 0.504 e. The third-order valence-electron chi connectivity index (χ3n) is 5.75. The average Bonchev–Trinajstić information content (AvgIpc) is 2.79. The zero-order valence-corrected chi connectivity index (χ0v) is 18.0. The van der Waals surface area contributed by atoms with Crippen molar-refractivity contribution in [1.29, 1.82) is 0 Å². The third kappa shape index (κ3) is 4.04. The minimum atomic E-state index is -3.82. The van der Waals surface area contributed by atoms with Gasteiger partial charge in [-0.1, -0.05) is 60.7 Å². The van der Waals surface area contributed by atoms with Crippen molar-refractivity contribution in [2.75, 3.05) is 13.7 Å². The fourth-order valence-electron chi connectivity index (χ4n) is 4.14. The molecule has 162 valence electrons. The first kappa shape index (κ1) is 21.4. The van der Waals surface area contributed by atoms with Gasteiger partial charge in [0.25, 0.3) is 0 Å². The second-order valence-corrected chi connectivity index (χ2v) is 9.43. The lowest BCUT2D eigenvalue weighted by Gasteiger charge is -2.39. The van der Waals surface area contributed by atoms with Gasteiger partial charge in [-0.2, -0.15) is 4.31 Å². The maximum absolute atomic E-state index is 13.5. The second kappa shape index (κ2) is 8.70. The van der Waals surface area contributed by atoms with Crippen molar-refractivity contribution in [1.82, 2.24) is 4.31 Å². The molecule has 1 aliphatic heterocycles. The van der Waals surface area contributed by atoms with Gasteiger partial charge in [-0.3, -0.25) is 0 Å². The predicted octanol–water partition coefficient (Wildman–Crippen LogP) is 3.29. The van der Waals surface area contributed by atoms with Crippen LogP contribution >= 0.6 is 0 Å². The topological polar surface area (TPSA) is 87.1 Å². The molecule has 0 fully saturated rings. The van der Waals surface area contributed by atoms with Crippen molar-refractivity contribution in [3.8, 4) is 11.5 Å². The quantitative estimate of drug-likeness (QED) is 0.616. The summed E-state index contributed by atoms with van der Waals surface area (Å²) in [5, 5.41) is 21.7. The average molecular weight is 440 g/mol. The standard InChI is InChI=1S/C24H25NO5S/c1-30-21-12-7-10-18(23(21)26)16-20-24(27)19-11-5-6-13-22(19)31(28,29)25(20)15-14-17-8-3-2-4-9-17/h2-13,20,24,26-27H,14-16H2,1H3/t20-,24-/m1/s1. The number of rotatable bonds is 6. The van der Waals surface area contributed by atoms with Crippen LogP contribution < -0.4 is 4.74 Å². The first-order chi connectivity index (χ1) is 14.9. The molecular formula is C24H25NO5S. The molecule has 0 aromatic heterocycles. The van der Waals surface area contributed by atoms with E-state index in [9.17, 15) is 18.6 Å². The summed E-state index contributed by atoms with van der Waals surface area (Å²) < 4.78 is 33.6. The number of phenolic OH excluding ortho intramolecular Hbond substituents is 1. The highest BCUT2D eigenvalue weighted by molar-refractivity contribution is 7.89. The van der Waals surface area contributed by atoms with Crippen LogP contribution in [0.5, 0.6) is 11.5 Å². The van der Waals surface area contributed by atoms with Crippen LogP contribution in [-0.4, -0.2) is 42.6 Å². The number of hydrogen-bond acceptors (Lipinski definition) is 5. The van der Waals surface area contributed by atoms with Crippen LogP contribution in [0.4, 0.5) is 0 Å². The summed E-state index contributed by atoms with van der Waals surface area (Å²) in [5.41, 5.74) is 1.91. The third-order valence-corrected chi connectivity index (χ3v) is 7.75. The Morgan fingerprint density at radius 3 is 2.42 bits per heavy atom. The molecule has 0 amide bonds. The van der Waals surface area contributed by atoms with Crippen molar-refractivity contribution in [3.05, 3.63) is 89.5 Å². The molecule has 3 aromatic rings. The van der Waals surface area contributed by atoms with Crippen LogP contribution in [0.2, 0.25) is 0 Å². The van der Waals surface area contributed by atoms with Crippen LogP contribution in [0.25, 0.3) is 0 Å². The molecule has 0 aliphatic carbocycles. The van der Waals surface area contributed by atoms with E-state index in [0.717, 1.165) is 5.56 Å². The van der Waals surface area contributed by atoms with E-state index in [-0.39, 0.29) is 23.6 Å². The van der Waals surface area contributed by atoms with Gasteiger partial charge in [-0.05, 0) is 36.1 Å². The van der Waals surface area contributed by atoms with Gasteiger partial charge in [0.05, 0.1) is 24.2 Å². The molecule has 0 saturated heterocycles. The molecule has 7 heteroatoms. The summed E-state index contributed by atoms with van der Waals surface area (Å²) in [7, 11) is -2.36. The lowest BCUT2D eigenvalue weighted by Crippen LogP contribution is -2.49. The van der Waals surface area contributed by atoms with Gasteiger partial charge in [0.2, 0.25) is 10.0 Å². The molecule has 0 bridgehead atoms. The summed E-state index contributed by atoms with van der Waals surface area (Å²) in [6.07, 6.45) is -0.372. The van der Waals surface area contributed by atoms with E-state index in [1.54, 1.807) is 36.4 Å². The molecule has 2 atom stereocenters. The summed E-state index contributed by atoms with van der Waals surface area (Å²) in [6.45, 7) is 0.215. The number of para-hydroxylation sites is 1. The van der Waals surface area contributed by atoms with Gasteiger partial charge in [0.1, 0.15) is 0 Å². The first-order valence-corrected chi connectivity index (χ1v) is 11.5. The lowest BCUT2D eigenvalue weighted by atomic mass is 9.94. The van der Waals surface area contributed by atoms with Gasteiger partial charge in [-0.15, -0.1) is 0 Å². The molecule has 0 saturated carbocycles. The number of nitrogens with zero attached hydrogens (tertiary/aromatic N) is 1. The van der Waals surface area contributed by atoms with E-state index < -0.39 is 22.2 Å². The molecule has 2 N–H and O–H groups in total. The number of fused-ring (bicyclic) bond motifs is 1. The van der Waals surface area contributed by atoms with Crippen LogP contribution in [0, 0.1) is 0 Å². The number of hydrogen-bond donors (Lipinski definition) is 2. The van der Waals surface area contributed by atoms with Crippen LogP contribution in [0.15, 0.2) is 77.7 Å². The van der Waals surface area contributed by atoms with Crippen LogP contribution in [0.1, 0.15) is 22.8 Å². The number of aliphatic hydroxyl groups is 1. The number of phenols is 1. The Hall–Kier alpha value is -2.87. The smallest absolute Gasteiger partial charge is 0.243 e. The SMILES string of the molecule is COc1cccc(C[C@@H]2[C@H](O)c3ccccc3S(=O)(=O)N2CCc2ccccc2)c1O. The van der Waals surface area contributed by atoms with Crippen LogP contribution in [-0.2, 0) is 22.9 Å². The molecule has 3 aromatic carbocycles. The molecule has 0 radical (unpaired) electrons. The van der Waals surface area contributed by atoms with Crippen molar-refractivity contribution in [2.45, 2.75) is 29.9 Å². The molecule has 31 heavy (non-hydrogen) atoms. The normalized spacial score (nSPS) is 20.2. The number of ether oxygens (including phenoxy) is 1. The number of benzene rings is 3. The Morgan fingerprint density at radius 2 is 1.68 bits per heavy atom. The van der Waals surface area contributed by atoms with Crippen molar-refractivity contribution >= 4 is 10.0 Å². The van der Waals surface area contributed by atoms with Crippen LogP contribution in [0.3, 0.4) is 0 Å². The Bertz CT molecular complexity index is 1160. The Balaban J connectivity index is 1.74. The number of sulfonamides is 1. The zero-order valence-electron chi connectivity index (χ0n) is 17.2. The maximum atomic E-state index is 13.5. The van der Waals surface area contributed by atoms with E-state index in [0.29, 0.717) is 23.3 Å². The van der Waals surface area contributed by atoms with Gasteiger partial charge < -0.3 is 14.9 Å². The zero-order chi connectivity index (χ0) is 22.0. The summed E-state index contributed by atoms with van der Waals surface area (Å²) in [4.78, 5) is 0.127. The fourth-order valence-corrected chi connectivity index (χ4v) is 6.00. The number of methoxy groups -OCH3 is 1. The first-order valence-electron chi connectivity index (χ1n) is 10.1. The fraction of sp³-hybridized carbons (Fsp3) is 0.250. The molecule has 0 unspecified atom stereocenters. The molecule has 0 spiro atoms. The Morgan fingerprint density at radius 1 is 0.968 bits per heavy atom. The summed E-state index contributed by atoms with van der Waals surface area (Å²) in [5.74, 6) is 0.262. The van der Waals surface area contributed by atoms with Gasteiger partial charge in [0.15, 0.2) is 11.5 Å². The number of aromatic hydroxyl groups is 1. The maximum Gasteiger partial charge on any atom is 0.243 e. The van der Waals surface area contributed by atoms with E-state index >= 15 is 0 Å². The highest BCUT2D eigenvalue weighted by atomic mass is 32.2. The second-order valence-electron chi connectivity index (χ2n) is 7.57. The molecule has 4 rings (SSSR count). The molecular weight excluding hydrogens is 414 g/mol. The molecule has 1 aliphatic rings. The van der Waals surface area contributed by atoms with Gasteiger partial charge in [0, 0.05) is 12.1 Å².